The fourth-order valence-corrected chi connectivity index (χ4v) is 12.9. The standard InChI is InChI=1S/3C15H21BFNO5.3C10H13BFNO3.3ClH/c3*1-5-21-10-7-6-9(17)12-11(23-16(20)13(10)12)8-18-14(19)22-15(2,3)4;3*1-2-15-7-4-3-6(12)9-8(5-13)16-11(14)10(7)9;;;/h3*6-7,11,20H,5,8H2,1-4H3,(H,18,19);3*3-4,8,14H,2,5,13H2,1H3;3*1H/t2*11-;;2*8-;;;;/m10.10..../s1. The first-order chi connectivity index (χ1) is 55.2. The van der Waals surface area contributed by atoms with Gasteiger partial charge in [0.1, 0.15) is 86.2 Å². The molecule has 6 aromatic rings. The zero-order valence-electron chi connectivity index (χ0n) is 69.1. The molecule has 6 aromatic carbocycles. The van der Waals surface area contributed by atoms with E-state index in [1.54, 1.807) is 83.1 Å². The van der Waals surface area contributed by atoms with E-state index in [1.807, 2.05) is 20.8 Å². The van der Waals surface area contributed by atoms with E-state index in [1.165, 1.54) is 72.8 Å². The Morgan fingerprint density at radius 2 is 0.467 bits per heavy atom. The van der Waals surface area contributed by atoms with Gasteiger partial charge in [-0.05, 0) is 177 Å². The molecule has 6 atom stereocenters. The number of hydrogen-bond acceptors (Lipinski definition) is 27. The lowest BCUT2D eigenvalue weighted by molar-refractivity contribution is 0.0488. The zero-order chi connectivity index (χ0) is 86.7. The lowest BCUT2D eigenvalue weighted by Crippen LogP contribution is -2.35. The predicted molar refractivity (Wildman–Crippen MR) is 446 cm³/mol. The molecule has 0 aliphatic carbocycles. The summed E-state index contributed by atoms with van der Waals surface area (Å²) in [5.41, 5.74) is 17.9. The summed E-state index contributed by atoms with van der Waals surface area (Å²) in [6.45, 7) is 29.3. The van der Waals surface area contributed by atoms with Crippen LogP contribution in [0.5, 0.6) is 34.5 Å². The molecule has 0 aromatic heterocycles. The Labute approximate surface area is 713 Å². The van der Waals surface area contributed by atoms with Crippen molar-refractivity contribution >= 4 is 131 Å². The van der Waals surface area contributed by atoms with Crippen LogP contribution in [0.2, 0.25) is 0 Å². The number of rotatable bonds is 21. The lowest BCUT2D eigenvalue weighted by Gasteiger charge is -2.21. The quantitative estimate of drug-likeness (QED) is 0.0236. The van der Waals surface area contributed by atoms with Crippen molar-refractivity contribution in [3.63, 3.8) is 0 Å². The molecule has 2 unspecified atom stereocenters. The number of nitrogens with one attached hydrogen (secondary N) is 3. The van der Waals surface area contributed by atoms with Crippen LogP contribution in [0.3, 0.4) is 0 Å². The van der Waals surface area contributed by atoms with Crippen LogP contribution in [0.4, 0.5) is 40.7 Å². The molecule has 6 heterocycles. The third-order valence-electron chi connectivity index (χ3n) is 17.3. The number of carbonyl (C=O) groups is 3. The summed E-state index contributed by atoms with van der Waals surface area (Å²) in [4.78, 5) is 35.1. The SMILES string of the molecule is CCOc1ccc(F)c2c1B(O)OC2CN.CCOc1ccc(F)c2c1B(O)OC2CNC(=O)OC(C)(C)C.CCOc1ccc(F)c2c1B(O)O[C@@H]2CN.CCOc1ccc(F)c2c1B(O)O[C@@H]2CNC(=O)OC(C)(C)C.CCOc1ccc(F)c2c1B(O)O[C@H]2CN.CCOc1ccc(F)c2c1B(O)O[C@H]2CNC(=O)OC(C)(C)C.Cl.Cl.Cl. The molecule has 0 fully saturated rings. The molecule has 15 N–H and O–H groups in total. The van der Waals surface area contributed by atoms with Crippen LogP contribution in [0.1, 0.15) is 174 Å². The van der Waals surface area contributed by atoms with E-state index in [0.29, 0.717) is 107 Å². The molecular formula is C75H105B6Cl3F6N6O24. The molecule has 6 aliphatic heterocycles. The highest BCUT2D eigenvalue weighted by Gasteiger charge is 2.46. The van der Waals surface area contributed by atoms with Gasteiger partial charge < -0.3 is 134 Å². The minimum Gasteiger partial charge on any atom is -0.494 e. The van der Waals surface area contributed by atoms with Crippen LogP contribution >= 0.6 is 37.2 Å². The third-order valence-corrected chi connectivity index (χ3v) is 17.3. The van der Waals surface area contributed by atoms with Crippen molar-refractivity contribution in [3.05, 3.63) is 141 Å². The first-order valence-corrected chi connectivity index (χ1v) is 38.0. The Balaban J connectivity index is 0.000000303. The van der Waals surface area contributed by atoms with Gasteiger partial charge >= 0.3 is 61.0 Å². The van der Waals surface area contributed by atoms with Crippen LogP contribution in [0.25, 0.3) is 0 Å². The van der Waals surface area contributed by atoms with E-state index >= 15 is 0 Å². The molecule has 0 saturated carbocycles. The van der Waals surface area contributed by atoms with E-state index in [0.717, 1.165) is 0 Å². The number of ether oxygens (including phenoxy) is 9. The van der Waals surface area contributed by atoms with Crippen molar-refractivity contribution < 1.29 is 141 Å². The molecule has 0 radical (unpaired) electrons. The van der Waals surface area contributed by atoms with Crippen LogP contribution in [-0.2, 0) is 42.1 Å². The highest BCUT2D eigenvalue weighted by molar-refractivity contribution is 6.65. The molecule has 6 aliphatic rings. The number of benzene rings is 6. The minimum absolute atomic E-state index is 0. The van der Waals surface area contributed by atoms with Crippen LogP contribution in [0.15, 0.2) is 72.8 Å². The number of carbonyl (C=O) groups excluding carboxylic acids is 3. The lowest BCUT2D eigenvalue weighted by atomic mass is 9.78. The Hall–Kier alpha value is -7.83. The van der Waals surface area contributed by atoms with Gasteiger partial charge in [-0.1, -0.05) is 0 Å². The maximum absolute atomic E-state index is 14.1. The normalized spacial score (nSPS) is 17.2. The summed E-state index contributed by atoms with van der Waals surface area (Å²) in [6, 6.07) is 16.5. The van der Waals surface area contributed by atoms with Gasteiger partial charge in [0.05, 0.1) is 76.3 Å². The first kappa shape index (κ1) is 105. The molecule has 660 valence electrons. The van der Waals surface area contributed by atoms with Crippen molar-refractivity contribution in [1.29, 1.82) is 0 Å². The van der Waals surface area contributed by atoms with Crippen molar-refractivity contribution in [2.75, 3.05) is 78.9 Å². The number of fused-ring (bicyclic) bond motifs is 6. The summed E-state index contributed by atoms with van der Waals surface area (Å²) in [6.07, 6.45) is -6.16. The van der Waals surface area contributed by atoms with Crippen LogP contribution in [0, 0.1) is 34.9 Å². The smallest absolute Gasteiger partial charge is 0.494 e. The molecule has 3 amide bonds. The maximum Gasteiger partial charge on any atom is 0.495 e. The second-order valence-corrected chi connectivity index (χ2v) is 29.1. The predicted octanol–water partition coefficient (Wildman–Crippen LogP) is 5.61. The van der Waals surface area contributed by atoms with Gasteiger partial charge in [-0.15, -0.1) is 37.2 Å². The highest BCUT2D eigenvalue weighted by atomic mass is 35.5. The van der Waals surface area contributed by atoms with Gasteiger partial charge in [-0.25, -0.2) is 40.7 Å². The van der Waals surface area contributed by atoms with Gasteiger partial charge in [0.2, 0.25) is 0 Å². The van der Waals surface area contributed by atoms with Gasteiger partial charge in [0, 0.05) is 105 Å². The van der Waals surface area contributed by atoms with E-state index < -0.39 is 149 Å². The number of hydrogen-bond donors (Lipinski definition) is 12. The maximum atomic E-state index is 14.1. The largest absolute Gasteiger partial charge is 0.495 e. The second kappa shape index (κ2) is 47.1. The number of halogens is 9. The first-order valence-electron chi connectivity index (χ1n) is 38.0. The Morgan fingerprint density at radius 3 is 0.608 bits per heavy atom. The van der Waals surface area contributed by atoms with Crippen molar-refractivity contribution in [2.45, 2.75) is 157 Å². The molecule has 0 bridgehead atoms. The van der Waals surface area contributed by atoms with Crippen molar-refractivity contribution in [3.8, 4) is 34.5 Å². The van der Waals surface area contributed by atoms with E-state index in [-0.39, 0.29) is 110 Å². The summed E-state index contributed by atoms with van der Waals surface area (Å²) < 4.78 is 162. The van der Waals surface area contributed by atoms with E-state index in [9.17, 15) is 70.9 Å². The fraction of sp³-hybridized carbons (Fsp3) is 0.480. The van der Waals surface area contributed by atoms with Gasteiger partial charge in [-0.3, -0.25) is 0 Å². The molecule has 0 spiro atoms. The molecule has 30 nitrogen and oxygen atoms in total. The van der Waals surface area contributed by atoms with Crippen molar-refractivity contribution in [2.24, 2.45) is 17.2 Å². The monoisotopic (exact) mass is 1760 g/mol. The summed E-state index contributed by atoms with van der Waals surface area (Å²) in [5.74, 6) is -0.375. The Kier molecular flexibility index (Phi) is 41.1. The highest BCUT2D eigenvalue weighted by Crippen LogP contribution is 2.36. The fourth-order valence-electron chi connectivity index (χ4n) is 12.9. The third kappa shape index (κ3) is 27.1. The summed E-state index contributed by atoms with van der Waals surface area (Å²) in [7, 11) is -7.39. The zero-order valence-corrected chi connectivity index (χ0v) is 71.5. The topological polar surface area (TPSA) is 425 Å². The average molecular weight is 1760 g/mol. The number of amides is 3. The van der Waals surface area contributed by atoms with Crippen LogP contribution < -0.4 is 94.3 Å². The Bertz CT molecular complexity index is 3950. The van der Waals surface area contributed by atoms with Crippen molar-refractivity contribution in [1.82, 2.24) is 16.0 Å². The number of alkyl carbamates (subject to hydrolysis) is 3. The molecule has 120 heavy (non-hydrogen) atoms. The minimum atomic E-state index is -1.30. The van der Waals surface area contributed by atoms with Crippen LogP contribution in [-0.4, -0.2) is 187 Å². The second-order valence-electron chi connectivity index (χ2n) is 29.1. The summed E-state index contributed by atoms with van der Waals surface area (Å²) >= 11 is 0. The molecule has 45 heteroatoms. The van der Waals surface area contributed by atoms with Gasteiger partial charge in [0.15, 0.2) is 0 Å². The Morgan fingerprint density at radius 1 is 0.317 bits per heavy atom. The van der Waals surface area contributed by atoms with E-state index in [2.05, 4.69) is 16.0 Å². The molecular weight excluding hydrogens is 1650 g/mol. The molecule has 12 rings (SSSR count). The van der Waals surface area contributed by atoms with Gasteiger partial charge in [0.25, 0.3) is 0 Å². The van der Waals surface area contributed by atoms with E-state index in [4.69, 9.17) is 87.8 Å². The molecule has 0 saturated heterocycles. The summed E-state index contributed by atoms with van der Waals surface area (Å²) in [5, 5.41) is 66.7. The number of nitrogens with two attached hydrogens (primary N) is 3. The average Bonchev–Trinajstić information content (AvgIpc) is 1.66. The van der Waals surface area contributed by atoms with Gasteiger partial charge in [-0.2, -0.15) is 0 Å².